The predicted octanol–water partition coefficient (Wildman–Crippen LogP) is 4.82. The van der Waals surface area contributed by atoms with E-state index in [9.17, 15) is 4.79 Å². The first-order valence-electron chi connectivity index (χ1n) is 7.35. The molecule has 0 saturated carbocycles. The first-order chi connectivity index (χ1) is 9.89. The van der Waals surface area contributed by atoms with E-state index in [1.165, 1.54) is 5.56 Å². The molecule has 2 rings (SSSR count). The van der Waals surface area contributed by atoms with Crippen LogP contribution in [0.4, 0.5) is 5.69 Å². The molecule has 110 valence electrons. The van der Waals surface area contributed by atoms with Crippen LogP contribution in [-0.4, -0.2) is 5.91 Å². The summed E-state index contributed by atoms with van der Waals surface area (Å²) in [5.41, 5.74) is 2.88. The summed E-state index contributed by atoms with van der Waals surface area (Å²) in [5, 5.41) is 3.06. The molecule has 0 aliphatic carbocycles. The average molecular weight is 281 g/mol. The molecular formula is C19H23NO. The number of carbonyl (C=O) groups is 1. The fraction of sp³-hybridized carbons (Fsp3) is 0.316. The van der Waals surface area contributed by atoms with E-state index >= 15 is 0 Å². The molecular weight excluding hydrogens is 258 g/mol. The minimum atomic E-state index is -0.400. The van der Waals surface area contributed by atoms with Crippen molar-refractivity contribution in [1.29, 1.82) is 0 Å². The molecule has 0 radical (unpaired) electrons. The summed E-state index contributed by atoms with van der Waals surface area (Å²) < 4.78 is 0. The van der Waals surface area contributed by atoms with Crippen LogP contribution in [0.1, 0.15) is 44.7 Å². The van der Waals surface area contributed by atoms with E-state index in [1.54, 1.807) is 0 Å². The maximum atomic E-state index is 12.2. The molecule has 1 amide bonds. The highest BCUT2D eigenvalue weighted by Crippen LogP contribution is 2.30. The zero-order valence-electron chi connectivity index (χ0n) is 13.2. The average Bonchev–Trinajstić information content (AvgIpc) is 2.47. The third-order valence-electron chi connectivity index (χ3n) is 3.66. The lowest BCUT2D eigenvalue weighted by Crippen LogP contribution is -2.28. The second-order valence-corrected chi connectivity index (χ2v) is 6.42. The van der Waals surface area contributed by atoms with Crippen LogP contribution in [0.15, 0.2) is 54.6 Å². The Morgan fingerprint density at radius 3 is 2.14 bits per heavy atom. The highest BCUT2D eigenvalue weighted by Gasteiger charge is 2.22. The first kappa shape index (κ1) is 15.3. The number of benzene rings is 2. The number of carbonyl (C=O) groups excluding carboxylic acids is 1. The van der Waals surface area contributed by atoms with Crippen LogP contribution in [0.3, 0.4) is 0 Å². The Bertz CT molecular complexity index is 611. The summed E-state index contributed by atoms with van der Waals surface area (Å²) in [6.45, 7) is 7.93. The van der Waals surface area contributed by atoms with Gasteiger partial charge in [-0.05, 0) is 17.2 Å². The third-order valence-corrected chi connectivity index (χ3v) is 3.66. The van der Waals surface area contributed by atoms with Gasteiger partial charge in [-0.15, -0.1) is 0 Å². The maximum absolute atomic E-state index is 12.2. The van der Waals surface area contributed by atoms with Gasteiger partial charge in [0.15, 0.2) is 0 Å². The van der Waals surface area contributed by atoms with Crippen LogP contribution in [0, 0.1) is 5.41 Å². The molecule has 0 saturated heterocycles. The van der Waals surface area contributed by atoms with Crippen molar-refractivity contribution in [3.8, 4) is 0 Å². The van der Waals surface area contributed by atoms with Crippen molar-refractivity contribution in [3.63, 3.8) is 0 Å². The third kappa shape index (κ3) is 3.72. The molecule has 0 aromatic heterocycles. The molecule has 1 N–H and O–H groups in total. The van der Waals surface area contributed by atoms with E-state index < -0.39 is 5.41 Å². The van der Waals surface area contributed by atoms with Crippen molar-refractivity contribution in [1.82, 2.24) is 0 Å². The lowest BCUT2D eigenvalue weighted by atomic mass is 9.91. The smallest absolute Gasteiger partial charge is 0.229 e. The topological polar surface area (TPSA) is 29.1 Å². The molecule has 1 atom stereocenters. The Labute approximate surface area is 127 Å². The van der Waals surface area contributed by atoms with Crippen molar-refractivity contribution in [2.45, 2.75) is 33.6 Å². The highest BCUT2D eigenvalue weighted by atomic mass is 16.2. The highest BCUT2D eigenvalue weighted by molar-refractivity contribution is 5.95. The van der Waals surface area contributed by atoms with Gasteiger partial charge in [-0.2, -0.15) is 0 Å². The van der Waals surface area contributed by atoms with Gasteiger partial charge in [-0.1, -0.05) is 76.2 Å². The Morgan fingerprint density at radius 2 is 1.52 bits per heavy atom. The molecule has 0 spiro atoms. The van der Waals surface area contributed by atoms with Gasteiger partial charge >= 0.3 is 0 Å². The standard InChI is InChI=1S/C19H23NO/c1-14(15-10-6-5-7-11-15)16-12-8-9-13-17(16)20-18(21)19(2,3)4/h5-14H,1-4H3,(H,20,21). The second kappa shape index (κ2) is 6.13. The number of amides is 1. The lowest BCUT2D eigenvalue weighted by Gasteiger charge is -2.21. The lowest BCUT2D eigenvalue weighted by molar-refractivity contribution is -0.123. The van der Waals surface area contributed by atoms with Crippen molar-refractivity contribution in [2.24, 2.45) is 5.41 Å². The molecule has 21 heavy (non-hydrogen) atoms. The zero-order valence-corrected chi connectivity index (χ0v) is 13.2. The molecule has 0 heterocycles. The number of anilines is 1. The van der Waals surface area contributed by atoms with E-state index in [-0.39, 0.29) is 11.8 Å². The van der Waals surface area contributed by atoms with Crippen LogP contribution in [0.5, 0.6) is 0 Å². The number of hydrogen-bond donors (Lipinski definition) is 1. The van der Waals surface area contributed by atoms with Gasteiger partial charge in [-0.3, -0.25) is 4.79 Å². The molecule has 2 heteroatoms. The van der Waals surface area contributed by atoms with E-state index in [0.717, 1.165) is 11.3 Å². The van der Waals surface area contributed by atoms with E-state index in [4.69, 9.17) is 0 Å². The summed E-state index contributed by atoms with van der Waals surface area (Å²) >= 11 is 0. The van der Waals surface area contributed by atoms with E-state index in [1.807, 2.05) is 57.2 Å². The van der Waals surface area contributed by atoms with E-state index in [0.29, 0.717) is 0 Å². The second-order valence-electron chi connectivity index (χ2n) is 6.42. The number of nitrogens with one attached hydrogen (secondary N) is 1. The Kier molecular flexibility index (Phi) is 4.46. The minimum absolute atomic E-state index is 0.0372. The van der Waals surface area contributed by atoms with Crippen molar-refractivity contribution in [3.05, 3.63) is 65.7 Å². The maximum Gasteiger partial charge on any atom is 0.229 e. The molecule has 2 aromatic carbocycles. The van der Waals surface area contributed by atoms with Gasteiger partial charge in [0.05, 0.1) is 0 Å². The first-order valence-corrected chi connectivity index (χ1v) is 7.35. The summed E-state index contributed by atoms with van der Waals surface area (Å²) in [6, 6.07) is 18.4. The molecule has 2 aromatic rings. The molecule has 0 aliphatic rings. The quantitative estimate of drug-likeness (QED) is 0.858. The summed E-state index contributed by atoms with van der Waals surface area (Å²) in [6.07, 6.45) is 0. The monoisotopic (exact) mass is 281 g/mol. The molecule has 0 aliphatic heterocycles. The van der Waals surface area contributed by atoms with Crippen molar-refractivity contribution >= 4 is 11.6 Å². The van der Waals surface area contributed by atoms with Crippen molar-refractivity contribution in [2.75, 3.05) is 5.32 Å². The fourth-order valence-electron chi connectivity index (χ4n) is 2.22. The van der Waals surface area contributed by atoms with Crippen LogP contribution in [0.2, 0.25) is 0 Å². The van der Waals surface area contributed by atoms with E-state index in [2.05, 4.69) is 30.4 Å². The van der Waals surface area contributed by atoms with Gasteiger partial charge in [0.25, 0.3) is 0 Å². The van der Waals surface area contributed by atoms with Crippen LogP contribution < -0.4 is 5.32 Å². The van der Waals surface area contributed by atoms with Crippen LogP contribution in [-0.2, 0) is 4.79 Å². The molecule has 0 fully saturated rings. The summed E-state index contributed by atoms with van der Waals surface area (Å²) in [5.74, 6) is 0.276. The van der Waals surface area contributed by atoms with Crippen molar-refractivity contribution < 1.29 is 4.79 Å². The fourth-order valence-corrected chi connectivity index (χ4v) is 2.22. The minimum Gasteiger partial charge on any atom is -0.325 e. The molecule has 1 unspecified atom stereocenters. The predicted molar refractivity (Wildman–Crippen MR) is 88.5 cm³/mol. The van der Waals surface area contributed by atoms with Gasteiger partial charge in [-0.25, -0.2) is 0 Å². The zero-order chi connectivity index (χ0) is 15.5. The molecule has 0 bridgehead atoms. The number of hydrogen-bond acceptors (Lipinski definition) is 1. The van der Waals surface area contributed by atoms with Gasteiger partial charge in [0.2, 0.25) is 5.91 Å². The summed E-state index contributed by atoms with van der Waals surface area (Å²) in [4.78, 5) is 12.2. The van der Waals surface area contributed by atoms with Crippen LogP contribution >= 0.6 is 0 Å². The Hall–Kier alpha value is -2.09. The Morgan fingerprint density at radius 1 is 0.952 bits per heavy atom. The summed E-state index contributed by atoms with van der Waals surface area (Å²) in [7, 11) is 0. The largest absolute Gasteiger partial charge is 0.325 e. The normalized spacial score (nSPS) is 12.8. The SMILES string of the molecule is CC(c1ccccc1)c1ccccc1NC(=O)C(C)(C)C. The van der Waals surface area contributed by atoms with Crippen LogP contribution in [0.25, 0.3) is 0 Å². The number of para-hydroxylation sites is 1. The van der Waals surface area contributed by atoms with Gasteiger partial charge in [0, 0.05) is 17.0 Å². The molecule has 2 nitrogen and oxygen atoms in total. The Balaban J connectivity index is 2.31. The number of rotatable bonds is 3. The van der Waals surface area contributed by atoms with Gasteiger partial charge < -0.3 is 5.32 Å². The van der Waals surface area contributed by atoms with Gasteiger partial charge in [0.1, 0.15) is 0 Å².